The second-order valence-corrected chi connectivity index (χ2v) is 6.07. The Morgan fingerprint density at radius 1 is 1.16 bits per heavy atom. The average molecular weight is 396 g/mol. The summed E-state index contributed by atoms with van der Waals surface area (Å²) in [6.45, 7) is 0. The Morgan fingerprint density at radius 2 is 1.84 bits per heavy atom. The van der Waals surface area contributed by atoms with Gasteiger partial charge in [0.1, 0.15) is 0 Å². The van der Waals surface area contributed by atoms with Gasteiger partial charge < -0.3 is 5.32 Å². The Kier molecular flexibility index (Phi) is 6.46. The fourth-order valence-electron chi connectivity index (χ4n) is 1.86. The average Bonchev–Trinajstić information content (AvgIpc) is 2.52. The number of carbonyl (C=O) groups is 1. The molecule has 6 nitrogen and oxygen atoms in total. The molecule has 0 bridgehead atoms. The number of hydrogen-bond acceptors (Lipinski definition) is 4. The first kappa shape index (κ1) is 18.9. The highest BCUT2D eigenvalue weighted by Gasteiger charge is 2.06. The normalized spacial score (nSPS) is 10.5. The first-order valence-electron chi connectivity index (χ1n) is 6.84. The maximum atomic E-state index is 11.9. The molecule has 0 aliphatic heterocycles. The highest BCUT2D eigenvalue weighted by molar-refractivity contribution is 7.80. The Labute approximate surface area is 158 Å². The lowest BCUT2D eigenvalue weighted by Gasteiger charge is -2.08. The highest BCUT2D eigenvalue weighted by Crippen LogP contribution is 2.22. The second kappa shape index (κ2) is 8.57. The van der Waals surface area contributed by atoms with Crippen LogP contribution in [0.3, 0.4) is 0 Å². The molecule has 2 N–H and O–H groups in total. The fourth-order valence-corrected chi connectivity index (χ4v) is 2.60. The minimum atomic E-state index is -0.507. The first-order valence-corrected chi connectivity index (χ1v) is 8.00. The molecule has 0 fully saturated rings. The van der Waals surface area contributed by atoms with Gasteiger partial charge in [-0.3, -0.25) is 20.2 Å². The van der Waals surface area contributed by atoms with Crippen LogP contribution in [0.2, 0.25) is 10.0 Å². The number of nitrogens with one attached hydrogen (secondary N) is 2. The molecule has 0 heterocycles. The van der Waals surface area contributed by atoms with Gasteiger partial charge in [-0.15, -0.1) is 0 Å². The molecule has 0 saturated carbocycles. The maximum absolute atomic E-state index is 11.9. The van der Waals surface area contributed by atoms with Crippen LogP contribution < -0.4 is 10.6 Å². The van der Waals surface area contributed by atoms with Crippen molar-refractivity contribution in [2.45, 2.75) is 0 Å². The molecule has 0 aromatic heterocycles. The van der Waals surface area contributed by atoms with Crippen molar-refractivity contribution in [1.29, 1.82) is 0 Å². The smallest absolute Gasteiger partial charge is 0.270 e. The zero-order valence-corrected chi connectivity index (χ0v) is 14.9. The minimum absolute atomic E-state index is 0.0578. The van der Waals surface area contributed by atoms with Gasteiger partial charge in [0.15, 0.2) is 5.11 Å². The molecular formula is C16H11Cl2N3O3S. The molecule has 1 amide bonds. The fraction of sp³-hybridized carbons (Fsp3) is 0. The van der Waals surface area contributed by atoms with Crippen molar-refractivity contribution in [2.75, 3.05) is 5.32 Å². The number of non-ortho nitro benzene ring substituents is 1. The topological polar surface area (TPSA) is 84.3 Å². The molecule has 0 unspecified atom stereocenters. The third-order valence-corrected chi connectivity index (χ3v) is 3.51. The van der Waals surface area contributed by atoms with Crippen LogP contribution in [-0.4, -0.2) is 15.9 Å². The highest BCUT2D eigenvalue weighted by atomic mass is 35.5. The first-order chi connectivity index (χ1) is 11.8. The molecule has 9 heteroatoms. The van der Waals surface area contributed by atoms with E-state index >= 15 is 0 Å². The Bertz CT molecular complexity index is 851. The lowest BCUT2D eigenvalue weighted by atomic mass is 10.2. The van der Waals surface area contributed by atoms with E-state index in [-0.39, 0.29) is 10.8 Å². The molecule has 0 saturated heterocycles. The number of nitro groups is 1. The minimum Gasteiger partial charge on any atom is -0.332 e. The number of rotatable bonds is 4. The summed E-state index contributed by atoms with van der Waals surface area (Å²) >= 11 is 16.8. The van der Waals surface area contributed by atoms with Crippen LogP contribution >= 0.6 is 35.4 Å². The Hall–Kier alpha value is -2.48. The van der Waals surface area contributed by atoms with Gasteiger partial charge in [0.05, 0.1) is 4.92 Å². The van der Waals surface area contributed by atoms with Crippen LogP contribution in [0.25, 0.3) is 6.08 Å². The summed E-state index contributed by atoms with van der Waals surface area (Å²) in [5.41, 5.74) is 0.993. The van der Waals surface area contributed by atoms with Crippen LogP contribution in [0.1, 0.15) is 5.56 Å². The van der Waals surface area contributed by atoms with E-state index in [1.54, 1.807) is 24.3 Å². The SMILES string of the molecule is O=C(/C=C/c1cccc([N+](=O)[O-])c1)NC(=S)Nc1cc(Cl)cc(Cl)c1. The van der Waals surface area contributed by atoms with Crippen LogP contribution in [0.15, 0.2) is 48.5 Å². The molecule has 0 aliphatic carbocycles. The molecule has 2 aromatic carbocycles. The van der Waals surface area contributed by atoms with Crippen molar-refractivity contribution in [1.82, 2.24) is 5.32 Å². The van der Waals surface area contributed by atoms with Gasteiger partial charge in [-0.1, -0.05) is 35.3 Å². The zero-order chi connectivity index (χ0) is 18.4. The summed E-state index contributed by atoms with van der Waals surface area (Å²) in [5.74, 6) is -0.489. The Balaban J connectivity index is 1.96. The van der Waals surface area contributed by atoms with Crippen molar-refractivity contribution in [2.24, 2.45) is 0 Å². The maximum Gasteiger partial charge on any atom is 0.270 e. The summed E-state index contributed by atoms with van der Waals surface area (Å²) in [6, 6.07) is 10.7. The number of benzene rings is 2. The number of nitrogens with zero attached hydrogens (tertiary/aromatic N) is 1. The van der Waals surface area contributed by atoms with Crippen molar-refractivity contribution in [3.8, 4) is 0 Å². The zero-order valence-electron chi connectivity index (χ0n) is 12.5. The van der Waals surface area contributed by atoms with Gasteiger partial charge in [-0.2, -0.15) is 0 Å². The largest absolute Gasteiger partial charge is 0.332 e. The molecule has 25 heavy (non-hydrogen) atoms. The molecule has 0 atom stereocenters. The van der Waals surface area contributed by atoms with E-state index in [1.807, 2.05) is 0 Å². The van der Waals surface area contributed by atoms with Gasteiger partial charge in [0.2, 0.25) is 5.91 Å². The van der Waals surface area contributed by atoms with E-state index < -0.39 is 10.8 Å². The van der Waals surface area contributed by atoms with Crippen LogP contribution in [-0.2, 0) is 4.79 Å². The van der Waals surface area contributed by atoms with E-state index in [0.717, 1.165) is 0 Å². The van der Waals surface area contributed by atoms with Gasteiger partial charge in [0, 0.05) is 33.9 Å². The number of nitro benzene ring substituents is 1. The Morgan fingerprint density at radius 3 is 2.48 bits per heavy atom. The van der Waals surface area contributed by atoms with Crippen molar-refractivity contribution in [3.63, 3.8) is 0 Å². The van der Waals surface area contributed by atoms with Gasteiger partial charge in [-0.25, -0.2) is 0 Å². The summed E-state index contributed by atoms with van der Waals surface area (Å²) in [4.78, 5) is 22.1. The molecule has 0 spiro atoms. The number of carbonyl (C=O) groups excluding carboxylic acids is 1. The predicted octanol–water partition coefficient (Wildman–Crippen LogP) is 4.43. The lowest BCUT2D eigenvalue weighted by Crippen LogP contribution is -2.32. The molecule has 128 valence electrons. The van der Waals surface area contributed by atoms with Gasteiger partial charge in [-0.05, 0) is 42.1 Å². The molecule has 2 aromatic rings. The van der Waals surface area contributed by atoms with Gasteiger partial charge in [0.25, 0.3) is 5.69 Å². The third-order valence-electron chi connectivity index (χ3n) is 2.87. The van der Waals surface area contributed by atoms with Crippen LogP contribution in [0.4, 0.5) is 11.4 Å². The van der Waals surface area contributed by atoms with E-state index in [1.165, 1.54) is 30.4 Å². The summed E-state index contributed by atoms with van der Waals surface area (Å²) in [6.07, 6.45) is 2.67. The lowest BCUT2D eigenvalue weighted by molar-refractivity contribution is -0.384. The second-order valence-electron chi connectivity index (χ2n) is 4.79. The third kappa shape index (κ3) is 6.15. The van der Waals surface area contributed by atoms with Crippen LogP contribution in [0, 0.1) is 10.1 Å². The van der Waals surface area contributed by atoms with Gasteiger partial charge >= 0.3 is 0 Å². The number of hydrogen-bond donors (Lipinski definition) is 2. The summed E-state index contributed by atoms with van der Waals surface area (Å²) in [5, 5.41) is 16.9. The van der Waals surface area contributed by atoms with Crippen molar-refractivity contribution >= 4 is 63.9 Å². The molecular weight excluding hydrogens is 385 g/mol. The van der Waals surface area contributed by atoms with Crippen molar-refractivity contribution in [3.05, 3.63) is 74.3 Å². The summed E-state index contributed by atoms with van der Waals surface area (Å²) in [7, 11) is 0. The van der Waals surface area contributed by atoms with E-state index in [2.05, 4.69) is 10.6 Å². The van der Waals surface area contributed by atoms with Crippen LogP contribution in [0.5, 0.6) is 0 Å². The standard InChI is InChI=1S/C16H11Cl2N3O3S/c17-11-7-12(18)9-13(8-11)19-16(25)20-15(22)5-4-10-2-1-3-14(6-10)21(23)24/h1-9H,(H2,19,20,22,25)/b5-4+. The number of thiocarbonyl (C=S) groups is 1. The summed E-state index contributed by atoms with van der Waals surface area (Å²) < 4.78 is 0. The van der Waals surface area contributed by atoms with E-state index in [0.29, 0.717) is 21.3 Å². The number of anilines is 1. The molecule has 0 radical (unpaired) electrons. The van der Waals surface area contributed by atoms with E-state index in [4.69, 9.17) is 35.4 Å². The van der Waals surface area contributed by atoms with E-state index in [9.17, 15) is 14.9 Å². The van der Waals surface area contributed by atoms with Crippen molar-refractivity contribution < 1.29 is 9.72 Å². The molecule has 0 aliphatic rings. The number of amides is 1. The molecule has 2 rings (SSSR count). The number of halogens is 2. The predicted molar refractivity (Wildman–Crippen MR) is 103 cm³/mol. The monoisotopic (exact) mass is 395 g/mol. The quantitative estimate of drug-likeness (QED) is 0.346.